The zero-order valence-electron chi connectivity index (χ0n) is 16.5. The second kappa shape index (κ2) is 8.77. The molecule has 2 aromatic rings. The molecule has 0 aliphatic carbocycles. The molecule has 0 bridgehead atoms. The number of nitrogens with zero attached hydrogens (tertiary/aromatic N) is 1. The molecule has 8 nitrogen and oxygen atoms in total. The predicted molar refractivity (Wildman–Crippen MR) is 110 cm³/mol. The molecule has 0 atom stereocenters. The zero-order chi connectivity index (χ0) is 21.8. The van der Waals surface area contributed by atoms with Gasteiger partial charge in [-0.25, -0.2) is 14.5 Å². The summed E-state index contributed by atoms with van der Waals surface area (Å²) in [6.07, 6.45) is 3.59. The van der Waals surface area contributed by atoms with Gasteiger partial charge in [0.1, 0.15) is 0 Å². The first kappa shape index (κ1) is 21.0. The van der Waals surface area contributed by atoms with Gasteiger partial charge in [0.05, 0.1) is 34.5 Å². The van der Waals surface area contributed by atoms with Crippen LogP contribution >= 0.6 is 0 Å². The van der Waals surface area contributed by atoms with E-state index in [-0.39, 0.29) is 28.9 Å². The number of rotatable bonds is 8. The second-order valence-corrected chi connectivity index (χ2v) is 6.98. The summed E-state index contributed by atoms with van der Waals surface area (Å²) in [5, 5.41) is 9.52. The number of carbonyl (C=O) groups excluding carboxylic acids is 3. The summed E-state index contributed by atoms with van der Waals surface area (Å²) in [4.78, 5) is 50.7. The SMILES string of the molecule is CCCCCCOC(=O)c1cc2c(cc1C(=O)O)C(=O)N(c1ccc(N)cc1)C2=O. The van der Waals surface area contributed by atoms with E-state index in [1.54, 1.807) is 12.1 Å². The average molecular weight is 410 g/mol. The van der Waals surface area contributed by atoms with E-state index in [0.717, 1.165) is 36.3 Å². The van der Waals surface area contributed by atoms with E-state index in [2.05, 4.69) is 6.92 Å². The van der Waals surface area contributed by atoms with Crippen molar-refractivity contribution < 1.29 is 29.0 Å². The number of nitrogen functional groups attached to an aromatic ring is 1. The number of hydrogen-bond acceptors (Lipinski definition) is 6. The summed E-state index contributed by atoms with van der Waals surface area (Å²) in [5.74, 6) is -3.53. The minimum Gasteiger partial charge on any atom is -0.478 e. The Morgan fingerprint density at radius 1 is 0.967 bits per heavy atom. The Morgan fingerprint density at radius 2 is 1.57 bits per heavy atom. The Bertz CT molecular complexity index is 1010. The summed E-state index contributed by atoms with van der Waals surface area (Å²) in [6.45, 7) is 2.21. The quantitative estimate of drug-likeness (QED) is 0.295. The molecule has 1 aliphatic rings. The maximum atomic E-state index is 12.9. The highest BCUT2D eigenvalue weighted by Gasteiger charge is 2.39. The summed E-state index contributed by atoms with van der Waals surface area (Å²) in [6, 6.07) is 8.31. The fraction of sp³-hybridized carbons (Fsp3) is 0.273. The molecule has 8 heteroatoms. The van der Waals surface area contributed by atoms with Gasteiger partial charge in [-0.1, -0.05) is 26.2 Å². The van der Waals surface area contributed by atoms with Crippen LogP contribution in [-0.2, 0) is 4.74 Å². The van der Waals surface area contributed by atoms with Crippen molar-refractivity contribution in [3.8, 4) is 0 Å². The van der Waals surface area contributed by atoms with Crippen molar-refractivity contribution in [2.45, 2.75) is 32.6 Å². The summed E-state index contributed by atoms with van der Waals surface area (Å²) in [5.41, 5.74) is 5.66. The van der Waals surface area contributed by atoms with E-state index >= 15 is 0 Å². The van der Waals surface area contributed by atoms with E-state index in [1.807, 2.05) is 0 Å². The molecule has 0 aromatic heterocycles. The summed E-state index contributed by atoms with van der Waals surface area (Å²) >= 11 is 0. The third kappa shape index (κ3) is 4.03. The maximum Gasteiger partial charge on any atom is 0.339 e. The van der Waals surface area contributed by atoms with Crippen molar-refractivity contribution in [2.24, 2.45) is 0 Å². The minimum atomic E-state index is -1.39. The molecule has 30 heavy (non-hydrogen) atoms. The summed E-state index contributed by atoms with van der Waals surface area (Å²) in [7, 11) is 0. The molecule has 0 saturated heterocycles. The Hall–Kier alpha value is -3.68. The lowest BCUT2D eigenvalue weighted by molar-refractivity contribution is 0.0487. The van der Waals surface area contributed by atoms with Crippen molar-refractivity contribution in [3.05, 3.63) is 58.7 Å². The van der Waals surface area contributed by atoms with E-state index in [1.165, 1.54) is 12.1 Å². The van der Waals surface area contributed by atoms with Gasteiger partial charge in [-0.3, -0.25) is 9.59 Å². The van der Waals surface area contributed by atoms with Crippen LogP contribution in [0.3, 0.4) is 0 Å². The third-order valence-electron chi connectivity index (χ3n) is 4.86. The minimum absolute atomic E-state index is 0.0419. The number of aromatic carboxylic acids is 1. The Morgan fingerprint density at radius 3 is 2.13 bits per heavy atom. The fourth-order valence-electron chi connectivity index (χ4n) is 3.26. The van der Waals surface area contributed by atoms with Crippen LogP contribution in [0.4, 0.5) is 11.4 Å². The Balaban J connectivity index is 1.91. The highest BCUT2D eigenvalue weighted by Crippen LogP contribution is 2.31. The number of benzene rings is 2. The Labute approximate surface area is 173 Å². The van der Waals surface area contributed by atoms with E-state index in [4.69, 9.17) is 10.5 Å². The molecule has 0 fully saturated rings. The number of ether oxygens (including phenoxy) is 1. The highest BCUT2D eigenvalue weighted by molar-refractivity contribution is 6.35. The molecule has 2 aromatic carbocycles. The topological polar surface area (TPSA) is 127 Å². The van der Waals surface area contributed by atoms with Gasteiger partial charge < -0.3 is 15.6 Å². The summed E-state index contributed by atoms with van der Waals surface area (Å²) < 4.78 is 5.19. The van der Waals surface area contributed by atoms with Gasteiger partial charge in [-0.15, -0.1) is 0 Å². The monoisotopic (exact) mass is 410 g/mol. The van der Waals surface area contributed by atoms with E-state index in [9.17, 15) is 24.3 Å². The molecule has 156 valence electrons. The number of nitrogens with two attached hydrogens (primary N) is 1. The molecule has 0 unspecified atom stereocenters. The molecule has 0 radical (unpaired) electrons. The smallest absolute Gasteiger partial charge is 0.339 e. The van der Waals surface area contributed by atoms with Gasteiger partial charge >= 0.3 is 11.9 Å². The van der Waals surface area contributed by atoms with Crippen LogP contribution in [0.15, 0.2) is 36.4 Å². The molecule has 1 heterocycles. The van der Waals surface area contributed by atoms with Crippen molar-refractivity contribution in [1.29, 1.82) is 0 Å². The first-order valence-corrected chi connectivity index (χ1v) is 9.68. The molecule has 2 amide bonds. The number of anilines is 2. The number of carboxylic acid groups (broad SMARTS) is 1. The first-order valence-electron chi connectivity index (χ1n) is 9.68. The van der Waals surface area contributed by atoms with Crippen LogP contribution in [0, 0.1) is 0 Å². The Kier molecular flexibility index (Phi) is 6.15. The van der Waals surface area contributed by atoms with Crippen LogP contribution in [0.1, 0.15) is 74.0 Å². The predicted octanol–water partition coefficient (Wildman–Crippen LogP) is 3.50. The van der Waals surface area contributed by atoms with Crippen LogP contribution in [0.2, 0.25) is 0 Å². The number of fused-ring (bicyclic) bond motifs is 1. The molecule has 3 N–H and O–H groups in total. The van der Waals surface area contributed by atoms with Crippen LogP contribution in [0.5, 0.6) is 0 Å². The maximum absolute atomic E-state index is 12.9. The number of carboxylic acids is 1. The van der Waals surface area contributed by atoms with Gasteiger partial charge in [-0.05, 0) is 42.8 Å². The van der Waals surface area contributed by atoms with Crippen LogP contribution in [0.25, 0.3) is 0 Å². The molecule has 3 rings (SSSR count). The zero-order valence-corrected chi connectivity index (χ0v) is 16.5. The second-order valence-electron chi connectivity index (χ2n) is 6.98. The standard InChI is InChI=1S/C22H22N2O6/c1-2-3-4-5-10-30-22(29)18-12-16-15(11-17(18)21(27)28)19(25)24(20(16)26)14-8-6-13(23)7-9-14/h6-9,11-12H,2-5,10,23H2,1H3,(H,27,28). The molecule has 0 saturated carbocycles. The van der Waals surface area contributed by atoms with E-state index < -0.39 is 23.8 Å². The lowest BCUT2D eigenvalue weighted by atomic mass is 9.99. The number of imide groups is 1. The van der Waals surface area contributed by atoms with Gasteiger partial charge in [0.25, 0.3) is 11.8 Å². The van der Waals surface area contributed by atoms with Gasteiger partial charge in [0, 0.05) is 5.69 Å². The van der Waals surface area contributed by atoms with Crippen LogP contribution < -0.4 is 10.6 Å². The number of hydrogen-bond donors (Lipinski definition) is 2. The largest absolute Gasteiger partial charge is 0.478 e. The molecule has 0 spiro atoms. The number of esters is 1. The molecule has 1 aliphatic heterocycles. The van der Waals surface area contributed by atoms with Gasteiger partial charge in [0.15, 0.2) is 0 Å². The molecular weight excluding hydrogens is 388 g/mol. The van der Waals surface area contributed by atoms with Crippen LogP contribution in [-0.4, -0.2) is 35.5 Å². The van der Waals surface area contributed by atoms with Gasteiger partial charge in [-0.2, -0.15) is 0 Å². The van der Waals surface area contributed by atoms with Crippen molar-refractivity contribution in [1.82, 2.24) is 0 Å². The number of unbranched alkanes of at least 4 members (excludes halogenated alkanes) is 3. The highest BCUT2D eigenvalue weighted by atomic mass is 16.5. The molecular formula is C22H22N2O6. The number of carbonyl (C=O) groups is 4. The van der Waals surface area contributed by atoms with Gasteiger partial charge in [0.2, 0.25) is 0 Å². The lowest BCUT2D eigenvalue weighted by Crippen LogP contribution is -2.29. The average Bonchev–Trinajstić information content (AvgIpc) is 2.97. The third-order valence-corrected chi connectivity index (χ3v) is 4.86. The number of amides is 2. The normalized spacial score (nSPS) is 12.8. The van der Waals surface area contributed by atoms with E-state index in [0.29, 0.717) is 17.8 Å². The fourth-order valence-corrected chi connectivity index (χ4v) is 3.26. The lowest BCUT2D eigenvalue weighted by Gasteiger charge is -2.13. The van der Waals surface area contributed by atoms with Crippen molar-refractivity contribution in [3.63, 3.8) is 0 Å². The van der Waals surface area contributed by atoms with Crippen molar-refractivity contribution >= 4 is 35.1 Å². The van der Waals surface area contributed by atoms with Crippen molar-refractivity contribution in [2.75, 3.05) is 17.2 Å². The first-order chi connectivity index (χ1) is 14.3.